The first-order valence-corrected chi connectivity index (χ1v) is 28.7. The minimum absolute atomic E-state index is 0.935. The first-order valence-electron chi connectivity index (χ1n) is 28.7. The molecule has 0 aromatic heterocycles. The lowest BCUT2D eigenvalue weighted by Gasteiger charge is -2.29. The maximum absolute atomic E-state index is 2.42. The number of hydrogen-bond acceptors (Lipinski definition) is 2. The second-order valence-electron chi connectivity index (χ2n) is 20.8. The highest BCUT2D eigenvalue weighted by Crippen LogP contribution is 2.42. The van der Waals surface area contributed by atoms with Crippen molar-refractivity contribution in [1.29, 1.82) is 0 Å². The molecule has 398 valence electrons. The predicted molar refractivity (Wildman–Crippen MR) is 354 cm³/mol. The van der Waals surface area contributed by atoms with Crippen molar-refractivity contribution < 1.29 is 0 Å². The van der Waals surface area contributed by atoms with Crippen LogP contribution >= 0.6 is 0 Å². The second-order valence-corrected chi connectivity index (χ2v) is 20.8. The largest absolute Gasteiger partial charge is 0.310 e. The normalized spacial score (nSPS) is 11.2. The molecule has 0 aliphatic carbocycles. The van der Waals surface area contributed by atoms with Crippen molar-refractivity contribution in [2.45, 2.75) is 40.5 Å². The maximum atomic E-state index is 2.42. The zero-order valence-corrected chi connectivity index (χ0v) is 47.3. The molecular weight excluding hydrogens is 989 g/mol. The van der Waals surface area contributed by atoms with Crippen LogP contribution < -0.4 is 9.80 Å². The number of hydrogen-bond donors (Lipinski definition) is 0. The fraction of sp³-hybridized carbons (Fsp3) is 0.0750. The van der Waals surface area contributed by atoms with Gasteiger partial charge in [-0.2, -0.15) is 0 Å². The Morgan fingerprint density at radius 3 is 0.768 bits per heavy atom. The highest BCUT2D eigenvalue weighted by atomic mass is 15.2. The first-order chi connectivity index (χ1) is 40.4. The number of nitrogens with zero attached hydrogens (tertiary/aromatic N) is 2. The van der Waals surface area contributed by atoms with Crippen LogP contribution in [0, 0.1) is 13.8 Å². The predicted octanol–water partition coefficient (Wildman–Crippen LogP) is 21.9. The van der Waals surface area contributed by atoms with Crippen LogP contribution in [0.1, 0.15) is 91.7 Å². The highest BCUT2D eigenvalue weighted by Gasteiger charge is 2.20. The van der Waals surface area contributed by atoms with Gasteiger partial charge < -0.3 is 9.80 Å². The van der Waals surface area contributed by atoms with E-state index in [9.17, 15) is 0 Å². The van der Waals surface area contributed by atoms with Gasteiger partial charge in [0, 0.05) is 22.7 Å². The summed E-state index contributed by atoms with van der Waals surface area (Å²) in [5.41, 5.74) is 26.1. The molecule has 11 aromatic rings. The van der Waals surface area contributed by atoms with Gasteiger partial charge in [0.05, 0.1) is 11.4 Å². The molecule has 0 spiro atoms. The summed E-state index contributed by atoms with van der Waals surface area (Å²) in [7, 11) is 0. The Kier molecular flexibility index (Phi) is 17.0. The fourth-order valence-electron chi connectivity index (χ4n) is 10.9. The Bertz CT molecular complexity index is 3640. The van der Waals surface area contributed by atoms with Crippen molar-refractivity contribution >= 4 is 81.7 Å². The molecule has 0 bridgehead atoms. The zero-order chi connectivity index (χ0) is 56.0. The van der Waals surface area contributed by atoms with Crippen molar-refractivity contribution in [1.82, 2.24) is 0 Å². The Morgan fingerprint density at radius 2 is 0.512 bits per heavy atom. The van der Waals surface area contributed by atoms with E-state index in [1.54, 1.807) is 0 Å². The van der Waals surface area contributed by atoms with E-state index in [1.807, 2.05) is 0 Å². The van der Waals surface area contributed by atoms with Gasteiger partial charge in [-0.3, -0.25) is 0 Å². The molecule has 0 fully saturated rings. The van der Waals surface area contributed by atoms with Gasteiger partial charge in [-0.05, 0) is 176 Å². The van der Waals surface area contributed by atoms with Crippen molar-refractivity contribution in [3.05, 3.63) is 357 Å². The van der Waals surface area contributed by atoms with Gasteiger partial charge in [0.2, 0.25) is 0 Å². The van der Waals surface area contributed by atoms with E-state index < -0.39 is 0 Å². The summed E-state index contributed by atoms with van der Waals surface area (Å²) in [4.78, 5) is 4.83. The van der Waals surface area contributed by atoms with Crippen LogP contribution in [-0.2, 0) is 12.8 Å². The van der Waals surface area contributed by atoms with Crippen LogP contribution in [0.5, 0.6) is 0 Å². The molecular formula is C80H68N2. The summed E-state index contributed by atoms with van der Waals surface area (Å²) >= 11 is 0. The number of rotatable bonds is 18. The third-order valence-corrected chi connectivity index (χ3v) is 15.3. The molecule has 11 rings (SSSR count). The van der Waals surface area contributed by atoms with Crippen LogP contribution in [-0.4, -0.2) is 0 Å². The highest BCUT2D eigenvalue weighted by molar-refractivity contribution is 5.93. The molecule has 0 saturated carbocycles. The summed E-state index contributed by atoms with van der Waals surface area (Å²) in [6, 6.07) is 101. The molecule has 11 aromatic carbocycles. The number of aryl methyl sites for hydroxylation is 4. The molecule has 82 heavy (non-hydrogen) atoms. The van der Waals surface area contributed by atoms with Gasteiger partial charge in [-0.15, -0.1) is 0 Å². The Labute approximate surface area is 486 Å². The number of benzene rings is 11. The molecule has 2 nitrogen and oxygen atoms in total. The molecule has 0 atom stereocenters. The summed E-state index contributed by atoms with van der Waals surface area (Å²) in [6.07, 6.45) is 15.3. The average Bonchev–Trinajstić information content (AvgIpc) is 3.74. The summed E-state index contributed by atoms with van der Waals surface area (Å²) in [5.74, 6) is 0. The first kappa shape index (κ1) is 54.0. The molecule has 0 amide bonds. The Morgan fingerprint density at radius 1 is 0.268 bits per heavy atom. The lowest BCUT2D eigenvalue weighted by Crippen LogP contribution is -2.13. The van der Waals surface area contributed by atoms with E-state index >= 15 is 0 Å². The smallest absolute Gasteiger partial charge is 0.0522 e. The summed E-state index contributed by atoms with van der Waals surface area (Å²) in [5, 5.41) is 0. The van der Waals surface area contributed by atoms with Gasteiger partial charge >= 0.3 is 0 Å². The monoisotopic (exact) mass is 1060 g/mol. The second kappa shape index (κ2) is 25.8. The van der Waals surface area contributed by atoms with Crippen molar-refractivity contribution in [3.8, 4) is 0 Å². The van der Waals surface area contributed by atoms with E-state index in [4.69, 9.17) is 0 Å². The third-order valence-electron chi connectivity index (χ3n) is 15.3. The standard InChI is InChI=1S/C80H68N2/c1-5-67-31-19-21-59(3)79(67)81(75-53-45-65(46-54-75)57-77(69-23-11-7-12-24-69)70-25-13-8-14-26-70)73-49-41-63(42-50-73)39-37-61-33-35-62(36-34-61)38-40-64-43-51-74(52-44-64)82(80-60(4)22-20-32-68(80)6-2)76-55-47-66(48-56-76)58-78(71-27-15-9-16-28-71)72-29-17-10-18-30-72/h7-58H,5-6H2,1-4H3. The third kappa shape index (κ3) is 12.7. The van der Waals surface area contributed by atoms with Gasteiger partial charge in [0.15, 0.2) is 0 Å². The van der Waals surface area contributed by atoms with Crippen LogP contribution in [0.2, 0.25) is 0 Å². The fourth-order valence-corrected chi connectivity index (χ4v) is 10.9. The summed E-state index contributed by atoms with van der Waals surface area (Å²) in [6.45, 7) is 8.92. The van der Waals surface area contributed by atoms with Crippen molar-refractivity contribution in [3.63, 3.8) is 0 Å². The Balaban J connectivity index is 0.796. The van der Waals surface area contributed by atoms with Gasteiger partial charge in [-0.1, -0.05) is 269 Å². The average molecular weight is 1060 g/mol. The van der Waals surface area contributed by atoms with Gasteiger partial charge in [-0.25, -0.2) is 0 Å². The maximum Gasteiger partial charge on any atom is 0.0522 e. The molecule has 0 radical (unpaired) electrons. The zero-order valence-electron chi connectivity index (χ0n) is 47.3. The molecule has 0 unspecified atom stereocenters. The van der Waals surface area contributed by atoms with Crippen molar-refractivity contribution in [2.75, 3.05) is 9.80 Å². The number of para-hydroxylation sites is 2. The van der Waals surface area contributed by atoms with E-state index in [1.165, 1.54) is 67.0 Å². The van der Waals surface area contributed by atoms with Gasteiger partial charge in [0.25, 0.3) is 0 Å². The molecule has 0 N–H and O–H groups in total. The number of anilines is 6. The van der Waals surface area contributed by atoms with Crippen LogP contribution in [0.4, 0.5) is 34.1 Å². The van der Waals surface area contributed by atoms with Crippen LogP contribution in [0.3, 0.4) is 0 Å². The molecule has 0 aliphatic heterocycles. The lowest BCUT2D eigenvalue weighted by atomic mass is 9.95. The van der Waals surface area contributed by atoms with Crippen LogP contribution in [0.25, 0.3) is 47.6 Å². The van der Waals surface area contributed by atoms with Crippen molar-refractivity contribution in [2.24, 2.45) is 0 Å². The Hall–Kier alpha value is -10.0. The minimum Gasteiger partial charge on any atom is -0.310 e. The molecule has 2 heteroatoms. The van der Waals surface area contributed by atoms with Gasteiger partial charge in [0.1, 0.15) is 0 Å². The van der Waals surface area contributed by atoms with E-state index in [0.717, 1.165) is 69.0 Å². The van der Waals surface area contributed by atoms with E-state index in [-0.39, 0.29) is 0 Å². The SMILES string of the molecule is CCc1cccc(C)c1N(c1ccc(C=Cc2ccc(C=Cc3ccc(N(c4ccc(C=C(c5ccccc5)c5ccccc5)cc4)c4c(C)cccc4CC)cc3)cc2)cc1)c1ccc(C=C(c2ccccc2)c2ccccc2)cc1. The quantitative estimate of drug-likeness (QED) is 0.0790. The van der Waals surface area contributed by atoms with E-state index in [0.29, 0.717) is 0 Å². The van der Waals surface area contributed by atoms with E-state index in [2.05, 4.69) is 353 Å². The molecule has 0 saturated heterocycles. The molecule has 0 heterocycles. The topological polar surface area (TPSA) is 6.48 Å². The minimum atomic E-state index is 0.935. The molecule has 0 aliphatic rings. The van der Waals surface area contributed by atoms with Crippen LogP contribution in [0.15, 0.2) is 279 Å². The summed E-state index contributed by atoms with van der Waals surface area (Å²) < 4.78 is 0. The lowest BCUT2D eigenvalue weighted by molar-refractivity contribution is 1.10.